The second kappa shape index (κ2) is 2.96. The van der Waals surface area contributed by atoms with Gasteiger partial charge in [0.25, 0.3) is 0 Å². The second-order valence-electron chi connectivity index (χ2n) is 2.64. The molecule has 0 saturated carbocycles. The molecule has 1 radical (unpaired) electrons. The van der Waals surface area contributed by atoms with Crippen LogP contribution < -0.4 is 10.2 Å². The molecule has 3 nitrogen and oxygen atoms in total. The SMILES string of the molecule is c1cc(N2CC[N]CC2)co1. The van der Waals surface area contributed by atoms with E-state index in [1.54, 1.807) is 12.5 Å². The fourth-order valence-corrected chi connectivity index (χ4v) is 1.30. The van der Waals surface area contributed by atoms with E-state index >= 15 is 0 Å². The van der Waals surface area contributed by atoms with E-state index in [4.69, 9.17) is 4.42 Å². The number of furan rings is 1. The van der Waals surface area contributed by atoms with E-state index in [1.165, 1.54) is 5.69 Å². The molecule has 2 heterocycles. The Morgan fingerprint density at radius 3 is 2.82 bits per heavy atom. The molecule has 0 unspecified atom stereocenters. The Bertz CT molecular complexity index is 202. The zero-order valence-electron chi connectivity index (χ0n) is 6.36. The van der Waals surface area contributed by atoms with Gasteiger partial charge in [-0.15, -0.1) is 0 Å². The summed E-state index contributed by atoms with van der Waals surface area (Å²) in [5, 5.41) is 4.26. The highest BCUT2D eigenvalue weighted by molar-refractivity contribution is 5.43. The first-order chi connectivity index (χ1) is 5.47. The smallest absolute Gasteiger partial charge is 0.114 e. The monoisotopic (exact) mass is 151 g/mol. The molecule has 2 rings (SSSR count). The minimum absolute atomic E-state index is 0.950. The molecular weight excluding hydrogens is 140 g/mol. The zero-order valence-corrected chi connectivity index (χ0v) is 6.36. The van der Waals surface area contributed by atoms with Crippen LogP contribution in [-0.4, -0.2) is 26.2 Å². The van der Waals surface area contributed by atoms with Gasteiger partial charge in [-0.2, -0.15) is 0 Å². The number of piperazine rings is 1. The zero-order chi connectivity index (χ0) is 7.52. The standard InChI is InChI=1S/C8H11N2O/c1-6-11-7-8(1)10-4-2-9-3-5-10/h1,6-7H,2-5H2. The van der Waals surface area contributed by atoms with Crippen LogP contribution in [0.3, 0.4) is 0 Å². The highest BCUT2D eigenvalue weighted by Gasteiger charge is 2.10. The van der Waals surface area contributed by atoms with Gasteiger partial charge in [-0.25, -0.2) is 5.32 Å². The van der Waals surface area contributed by atoms with Crippen molar-refractivity contribution in [3.63, 3.8) is 0 Å². The molecule has 1 aromatic rings. The highest BCUT2D eigenvalue weighted by Crippen LogP contribution is 2.14. The first kappa shape index (κ1) is 6.73. The van der Waals surface area contributed by atoms with Gasteiger partial charge in [0.2, 0.25) is 0 Å². The summed E-state index contributed by atoms with van der Waals surface area (Å²) in [5.74, 6) is 0. The van der Waals surface area contributed by atoms with Gasteiger partial charge in [0.05, 0.1) is 12.0 Å². The van der Waals surface area contributed by atoms with Crippen LogP contribution in [0.2, 0.25) is 0 Å². The Kier molecular flexibility index (Phi) is 1.81. The maximum Gasteiger partial charge on any atom is 0.114 e. The molecule has 0 aromatic carbocycles. The van der Waals surface area contributed by atoms with Crippen molar-refractivity contribution < 1.29 is 4.42 Å². The Labute approximate surface area is 66.0 Å². The molecule has 3 heteroatoms. The Hall–Kier alpha value is -0.960. The van der Waals surface area contributed by atoms with Crippen LogP contribution in [0.5, 0.6) is 0 Å². The molecule has 1 saturated heterocycles. The molecule has 1 aliphatic heterocycles. The summed E-state index contributed by atoms with van der Waals surface area (Å²) in [5.41, 5.74) is 1.18. The molecule has 1 aliphatic rings. The third kappa shape index (κ3) is 1.38. The topological polar surface area (TPSA) is 30.5 Å². The number of nitrogens with zero attached hydrogens (tertiary/aromatic N) is 2. The molecule has 11 heavy (non-hydrogen) atoms. The van der Waals surface area contributed by atoms with Gasteiger partial charge in [-0.05, 0) is 6.07 Å². The predicted molar refractivity (Wildman–Crippen MR) is 42.8 cm³/mol. The number of hydrogen-bond donors (Lipinski definition) is 0. The predicted octanol–water partition coefficient (Wildman–Crippen LogP) is 0.704. The average molecular weight is 151 g/mol. The minimum Gasteiger partial charge on any atom is -0.470 e. The number of hydrogen-bond acceptors (Lipinski definition) is 2. The Balaban J connectivity index is 2.04. The molecule has 0 aliphatic carbocycles. The number of rotatable bonds is 1. The van der Waals surface area contributed by atoms with Crippen molar-refractivity contribution in [3.05, 3.63) is 18.6 Å². The van der Waals surface area contributed by atoms with Crippen molar-refractivity contribution in [2.45, 2.75) is 0 Å². The van der Waals surface area contributed by atoms with E-state index in [9.17, 15) is 0 Å². The van der Waals surface area contributed by atoms with Crippen LogP contribution in [0.4, 0.5) is 5.69 Å². The minimum atomic E-state index is 0.950. The maximum atomic E-state index is 5.00. The maximum absolute atomic E-state index is 5.00. The molecule has 59 valence electrons. The van der Waals surface area contributed by atoms with E-state index in [2.05, 4.69) is 10.2 Å². The van der Waals surface area contributed by atoms with Gasteiger partial charge >= 0.3 is 0 Å². The van der Waals surface area contributed by atoms with Crippen molar-refractivity contribution >= 4 is 5.69 Å². The fraction of sp³-hybridized carbons (Fsp3) is 0.500. The van der Waals surface area contributed by atoms with Gasteiger partial charge in [-0.1, -0.05) is 0 Å². The molecule has 1 fully saturated rings. The molecule has 1 aromatic heterocycles. The van der Waals surface area contributed by atoms with Crippen LogP contribution >= 0.6 is 0 Å². The van der Waals surface area contributed by atoms with Gasteiger partial charge in [-0.3, -0.25) is 0 Å². The van der Waals surface area contributed by atoms with E-state index in [0.29, 0.717) is 0 Å². The summed E-state index contributed by atoms with van der Waals surface area (Å²) < 4.78 is 5.00. The summed E-state index contributed by atoms with van der Waals surface area (Å²) in [6.07, 6.45) is 3.49. The highest BCUT2D eigenvalue weighted by atomic mass is 16.3. The Morgan fingerprint density at radius 2 is 2.18 bits per heavy atom. The van der Waals surface area contributed by atoms with Crippen LogP contribution in [0, 0.1) is 0 Å². The van der Waals surface area contributed by atoms with Gasteiger partial charge in [0.1, 0.15) is 6.26 Å². The molecule has 0 amide bonds. The second-order valence-corrected chi connectivity index (χ2v) is 2.64. The first-order valence-electron chi connectivity index (χ1n) is 3.87. The lowest BCUT2D eigenvalue weighted by Crippen LogP contribution is -2.39. The molecule has 0 N–H and O–H groups in total. The lowest BCUT2D eigenvalue weighted by atomic mass is 10.3. The van der Waals surface area contributed by atoms with Crippen molar-refractivity contribution in [1.29, 1.82) is 0 Å². The lowest BCUT2D eigenvalue weighted by molar-refractivity contribution is 0.555. The lowest BCUT2D eigenvalue weighted by Gasteiger charge is -2.26. The van der Waals surface area contributed by atoms with Crippen LogP contribution in [0.1, 0.15) is 0 Å². The van der Waals surface area contributed by atoms with Gasteiger partial charge < -0.3 is 9.32 Å². The fourth-order valence-electron chi connectivity index (χ4n) is 1.30. The van der Waals surface area contributed by atoms with E-state index in [-0.39, 0.29) is 0 Å². The third-order valence-electron chi connectivity index (χ3n) is 1.93. The third-order valence-corrected chi connectivity index (χ3v) is 1.93. The van der Waals surface area contributed by atoms with Gasteiger partial charge in [0.15, 0.2) is 0 Å². The molecular formula is C8H11N2O. The van der Waals surface area contributed by atoms with E-state index in [1.807, 2.05) is 6.07 Å². The summed E-state index contributed by atoms with van der Waals surface area (Å²) in [4.78, 5) is 2.29. The average Bonchev–Trinajstić information content (AvgIpc) is 2.58. The first-order valence-corrected chi connectivity index (χ1v) is 3.87. The summed E-state index contributed by atoms with van der Waals surface area (Å²) in [6, 6.07) is 1.99. The van der Waals surface area contributed by atoms with Crippen molar-refractivity contribution in [2.24, 2.45) is 0 Å². The van der Waals surface area contributed by atoms with E-state index < -0.39 is 0 Å². The van der Waals surface area contributed by atoms with Crippen LogP contribution in [-0.2, 0) is 0 Å². The van der Waals surface area contributed by atoms with Gasteiger partial charge in [0, 0.05) is 26.2 Å². The van der Waals surface area contributed by atoms with Crippen LogP contribution in [0.25, 0.3) is 0 Å². The van der Waals surface area contributed by atoms with Crippen molar-refractivity contribution in [3.8, 4) is 0 Å². The molecule has 0 bridgehead atoms. The quantitative estimate of drug-likeness (QED) is 0.591. The summed E-state index contributed by atoms with van der Waals surface area (Å²) in [6.45, 7) is 3.95. The van der Waals surface area contributed by atoms with Crippen molar-refractivity contribution in [2.75, 3.05) is 31.1 Å². The normalized spacial score (nSPS) is 18.7. The van der Waals surface area contributed by atoms with E-state index in [0.717, 1.165) is 26.2 Å². The van der Waals surface area contributed by atoms with Crippen molar-refractivity contribution in [1.82, 2.24) is 5.32 Å². The Morgan fingerprint density at radius 1 is 1.36 bits per heavy atom. The summed E-state index contributed by atoms with van der Waals surface area (Å²) in [7, 11) is 0. The van der Waals surface area contributed by atoms with Crippen LogP contribution in [0.15, 0.2) is 23.0 Å². The number of anilines is 1. The molecule has 0 atom stereocenters. The molecule has 0 spiro atoms. The summed E-state index contributed by atoms with van der Waals surface area (Å²) >= 11 is 0. The largest absolute Gasteiger partial charge is 0.470 e.